The van der Waals surface area contributed by atoms with Gasteiger partial charge in [-0.3, -0.25) is 4.79 Å². The topological polar surface area (TPSA) is 60.7 Å². The molecule has 0 fully saturated rings. The predicted molar refractivity (Wildman–Crippen MR) is 85.4 cm³/mol. The van der Waals surface area contributed by atoms with Crippen LogP contribution < -0.4 is 0 Å². The molecule has 5 nitrogen and oxygen atoms in total. The summed E-state index contributed by atoms with van der Waals surface area (Å²) in [6, 6.07) is 10.8. The number of imidazole rings is 1. The minimum atomic E-state index is -0.520. The van der Waals surface area contributed by atoms with E-state index in [1.54, 1.807) is 22.9 Å². The van der Waals surface area contributed by atoms with Crippen LogP contribution in [-0.4, -0.2) is 27.7 Å². The molecule has 0 saturated carbocycles. The van der Waals surface area contributed by atoms with Crippen molar-refractivity contribution in [2.75, 3.05) is 6.61 Å². The van der Waals surface area contributed by atoms with Crippen LogP contribution in [-0.2, 0) is 4.74 Å². The Kier molecular flexibility index (Phi) is 4.65. The van der Waals surface area contributed by atoms with Crippen LogP contribution in [0.1, 0.15) is 33.7 Å². The van der Waals surface area contributed by atoms with Gasteiger partial charge in [0.05, 0.1) is 6.61 Å². The lowest BCUT2D eigenvalue weighted by atomic mass is 10.1. The van der Waals surface area contributed by atoms with Crippen molar-refractivity contribution in [1.82, 2.24) is 9.38 Å². The number of ether oxygens (including phenoxy) is 1. The number of hydrogen-bond acceptors (Lipinski definition) is 4. The molecule has 0 N–H and O–H groups in total. The average molecular weight is 326 g/mol. The molecular weight excluding hydrogens is 311 g/mol. The molecule has 2 aromatic heterocycles. The lowest BCUT2D eigenvalue weighted by Gasteiger charge is -2.03. The van der Waals surface area contributed by atoms with Crippen LogP contribution >= 0.6 is 0 Å². The SMILES string of the molecule is O=C(CCCOC(=O)c1cn2ccccc2n1)c1ccc(F)cc1. The van der Waals surface area contributed by atoms with Crippen molar-refractivity contribution in [3.05, 3.63) is 71.9 Å². The molecule has 0 aliphatic carbocycles. The molecule has 0 bridgehead atoms. The van der Waals surface area contributed by atoms with Gasteiger partial charge >= 0.3 is 5.97 Å². The van der Waals surface area contributed by atoms with E-state index < -0.39 is 5.97 Å². The number of Topliss-reactive ketones (excluding diaryl/α,β-unsaturated/α-hetero) is 1. The van der Waals surface area contributed by atoms with Crippen molar-refractivity contribution >= 4 is 17.4 Å². The van der Waals surface area contributed by atoms with E-state index in [0.717, 1.165) is 0 Å². The number of hydrogen-bond donors (Lipinski definition) is 0. The van der Waals surface area contributed by atoms with Crippen LogP contribution in [0.2, 0.25) is 0 Å². The maximum absolute atomic E-state index is 12.8. The maximum Gasteiger partial charge on any atom is 0.358 e. The number of halogens is 1. The molecule has 3 aromatic rings. The van der Waals surface area contributed by atoms with Crippen molar-refractivity contribution in [3.63, 3.8) is 0 Å². The van der Waals surface area contributed by atoms with Crippen molar-refractivity contribution in [1.29, 1.82) is 0 Å². The fourth-order valence-electron chi connectivity index (χ4n) is 2.28. The average Bonchev–Trinajstić information content (AvgIpc) is 3.03. The van der Waals surface area contributed by atoms with Gasteiger partial charge in [0.25, 0.3) is 0 Å². The van der Waals surface area contributed by atoms with Crippen LogP contribution in [0.5, 0.6) is 0 Å². The van der Waals surface area contributed by atoms with Gasteiger partial charge in [-0.2, -0.15) is 0 Å². The van der Waals surface area contributed by atoms with E-state index in [9.17, 15) is 14.0 Å². The Labute approximate surface area is 137 Å². The first-order valence-corrected chi connectivity index (χ1v) is 7.53. The van der Waals surface area contributed by atoms with Crippen molar-refractivity contribution in [2.45, 2.75) is 12.8 Å². The molecule has 2 heterocycles. The highest BCUT2D eigenvalue weighted by atomic mass is 19.1. The van der Waals surface area contributed by atoms with Gasteiger partial charge in [-0.05, 0) is 42.8 Å². The van der Waals surface area contributed by atoms with Gasteiger partial charge in [0, 0.05) is 24.4 Å². The second-order valence-corrected chi connectivity index (χ2v) is 5.26. The largest absolute Gasteiger partial charge is 0.461 e. The molecule has 0 spiro atoms. The molecule has 0 saturated heterocycles. The third-order valence-electron chi connectivity index (χ3n) is 3.52. The monoisotopic (exact) mass is 326 g/mol. The lowest BCUT2D eigenvalue weighted by molar-refractivity contribution is 0.0488. The summed E-state index contributed by atoms with van der Waals surface area (Å²) >= 11 is 0. The van der Waals surface area contributed by atoms with Crippen molar-refractivity contribution in [3.8, 4) is 0 Å². The van der Waals surface area contributed by atoms with Crippen LogP contribution in [0.15, 0.2) is 54.9 Å². The zero-order valence-corrected chi connectivity index (χ0v) is 12.8. The van der Waals surface area contributed by atoms with Gasteiger partial charge in [-0.1, -0.05) is 6.07 Å². The number of carbonyl (C=O) groups excluding carboxylic acids is 2. The van der Waals surface area contributed by atoms with E-state index in [2.05, 4.69) is 4.98 Å². The summed E-state index contributed by atoms with van der Waals surface area (Å²) in [5.41, 5.74) is 1.34. The molecule has 0 aliphatic rings. The Bertz CT molecular complexity index is 838. The smallest absolute Gasteiger partial charge is 0.358 e. The summed E-state index contributed by atoms with van der Waals surface area (Å²) in [6.07, 6.45) is 4.02. The van der Waals surface area contributed by atoms with Gasteiger partial charge in [0.1, 0.15) is 11.5 Å². The maximum atomic E-state index is 12.8. The summed E-state index contributed by atoms with van der Waals surface area (Å²) in [4.78, 5) is 28.0. The Balaban J connectivity index is 1.48. The summed E-state index contributed by atoms with van der Waals surface area (Å²) < 4.78 is 19.7. The molecule has 122 valence electrons. The first-order valence-electron chi connectivity index (χ1n) is 7.53. The van der Waals surface area contributed by atoms with E-state index in [4.69, 9.17) is 4.74 Å². The second-order valence-electron chi connectivity index (χ2n) is 5.26. The number of aromatic nitrogens is 2. The van der Waals surface area contributed by atoms with Gasteiger partial charge < -0.3 is 9.14 Å². The fourth-order valence-corrected chi connectivity index (χ4v) is 2.28. The zero-order chi connectivity index (χ0) is 16.9. The van der Waals surface area contributed by atoms with E-state index in [0.29, 0.717) is 17.6 Å². The molecule has 1 aromatic carbocycles. The number of pyridine rings is 1. The number of ketones is 1. The number of esters is 1. The molecular formula is C18H15FN2O3. The van der Waals surface area contributed by atoms with Gasteiger partial charge in [0.15, 0.2) is 11.5 Å². The summed E-state index contributed by atoms with van der Waals surface area (Å²) in [5.74, 6) is -1.01. The first-order chi connectivity index (χ1) is 11.6. The Morgan fingerprint density at radius 2 is 1.92 bits per heavy atom. The predicted octanol–water partition coefficient (Wildman–Crippen LogP) is 3.29. The van der Waals surface area contributed by atoms with Crippen LogP contribution in [0.3, 0.4) is 0 Å². The van der Waals surface area contributed by atoms with Gasteiger partial charge in [-0.25, -0.2) is 14.2 Å². The molecule has 24 heavy (non-hydrogen) atoms. The van der Waals surface area contributed by atoms with Crippen molar-refractivity contribution in [2.24, 2.45) is 0 Å². The van der Waals surface area contributed by atoms with E-state index in [1.165, 1.54) is 24.3 Å². The van der Waals surface area contributed by atoms with Gasteiger partial charge in [-0.15, -0.1) is 0 Å². The molecule has 0 aliphatic heterocycles. The Morgan fingerprint density at radius 1 is 1.12 bits per heavy atom. The van der Waals surface area contributed by atoms with Crippen LogP contribution in [0.25, 0.3) is 5.65 Å². The highest BCUT2D eigenvalue weighted by Crippen LogP contribution is 2.09. The highest BCUT2D eigenvalue weighted by molar-refractivity contribution is 5.96. The summed E-state index contributed by atoms with van der Waals surface area (Å²) in [6.45, 7) is 0.125. The molecule has 6 heteroatoms. The molecule has 0 radical (unpaired) electrons. The van der Waals surface area contributed by atoms with E-state index in [1.807, 2.05) is 12.1 Å². The van der Waals surface area contributed by atoms with Crippen molar-refractivity contribution < 1.29 is 18.7 Å². The minimum absolute atomic E-state index is 0.112. The minimum Gasteiger partial charge on any atom is -0.461 e. The molecule has 3 rings (SSSR count). The number of fused-ring (bicyclic) bond motifs is 1. The van der Waals surface area contributed by atoms with Gasteiger partial charge in [0.2, 0.25) is 0 Å². The van der Waals surface area contributed by atoms with Crippen LogP contribution in [0.4, 0.5) is 4.39 Å². The number of carbonyl (C=O) groups is 2. The standard InChI is InChI=1S/C18H15FN2O3/c19-14-8-6-13(7-9-14)16(22)4-3-11-24-18(23)15-12-21-10-2-1-5-17(21)20-15/h1-2,5-10,12H,3-4,11H2. The first kappa shape index (κ1) is 15.9. The quantitative estimate of drug-likeness (QED) is 0.396. The highest BCUT2D eigenvalue weighted by Gasteiger charge is 2.12. The fraction of sp³-hybridized carbons (Fsp3) is 0.167. The van der Waals surface area contributed by atoms with E-state index in [-0.39, 0.29) is 30.3 Å². The van der Waals surface area contributed by atoms with Crippen LogP contribution in [0, 0.1) is 5.82 Å². The third kappa shape index (κ3) is 3.65. The normalized spacial score (nSPS) is 10.7. The van der Waals surface area contributed by atoms with E-state index >= 15 is 0 Å². The molecule has 0 unspecified atom stereocenters. The number of nitrogens with zero attached hydrogens (tertiary/aromatic N) is 2. The Hall–Kier alpha value is -3.02. The molecule has 0 amide bonds. The lowest BCUT2D eigenvalue weighted by Crippen LogP contribution is -2.08. The summed E-state index contributed by atoms with van der Waals surface area (Å²) in [7, 11) is 0. The number of rotatable bonds is 6. The third-order valence-corrected chi connectivity index (χ3v) is 3.52. The summed E-state index contributed by atoms with van der Waals surface area (Å²) in [5, 5.41) is 0. The number of benzene rings is 1. The molecule has 0 atom stereocenters. The second kappa shape index (κ2) is 7.04. The zero-order valence-electron chi connectivity index (χ0n) is 12.8. The Morgan fingerprint density at radius 3 is 2.67 bits per heavy atom.